The van der Waals surface area contributed by atoms with Crippen LogP contribution in [0.15, 0.2) is 60.7 Å². The number of aryl methyl sites for hydroxylation is 2. The first-order valence-electron chi connectivity index (χ1n) is 11.4. The van der Waals surface area contributed by atoms with Crippen LogP contribution in [0.1, 0.15) is 61.6 Å². The van der Waals surface area contributed by atoms with E-state index in [1.165, 1.54) is 60.9 Å². The summed E-state index contributed by atoms with van der Waals surface area (Å²) in [7, 11) is 0. The van der Waals surface area contributed by atoms with Gasteiger partial charge >= 0.3 is 0 Å². The number of rotatable bonds is 6. The fourth-order valence-electron chi connectivity index (χ4n) is 4.77. The number of halogens is 3. The largest absolute Gasteiger partial charge is 0.205 e. The Hall–Kier alpha value is -2.19. The lowest BCUT2D eigenvalue weighted by Crippen LogP contribution is -2.14. The lowest BCUT2D eigenvalue weighted by atomic mass is 9.77. The van der Waals surface area contributed by atoms with Crippen LogP contribution in [0, 0.1) is 17.6 Å². The Morgan fingerprint density at radius 3 is 1.94 bits per heavy atom. The van der Waals surface area contributed by atoms with Crippen molar-refractivity contribution >= 4 is 11.6 Å². The topological polar surface area (TPSA) is 0 Å². The second kappa shape index (κ2) is 9.96. The molecule has 1 saturated carbocycles. The molecular weight excluding hydrogens is 410 g/mol. The van der Waals surface area contributed by atoms with E-state index in [2.05, 4.69) is 43.3 Å². The summed E-state index contributed by atoms with van der Waals surface area (Å²) < 4.78 is 27.5. The average molecular weight is 439 g/mol. The monoisotopic (exact) mass is 438 g/mol. The standard InChI is InChI=1S/C28H29ClF2/c1-2-19-5-11-22(12-6-19)23-13-7-20(8-14-23)3-4-21-9-15-24(16-10-21)25-17-26(30)28(29)27(31)18-25/h5-6,9-12,15-18,20,23H,2-4,7-8,13-14H2,1H3. The van der Waals surface area contributed by atoms with Crippen molar-refractivity contribution in [3.63, 3.8) is 0 Å². The molecule has 0 bridgehead atoms. The maximum absolute atomic E-state index is 13.7. The minimum absolute atomic E-state index is 0.451. The molecule has 162 valence electrons. The van der Waals surface area contributed by atoms with E-state index < -0.39 is 16.7 Å². The van der Waals surface area contributed by atoms with Crippen LogP contribution in [0.4, 0.5) is 8.78 Å². The smallest absolute Gasteiger partial charge is 0.145 e. The Bertz CT molecular complexity index is 977. The molecule has 1 aliphatic rings. The lowest BCUT2D eigenvalue weighted by molar-refractivity contribution is 0.310. The van der Waals surface area contributed by atoms with E-state index in [-0.39, 0.29) is 0 Å². The van der Waals surface area contributed by atoms with Crippen molar-refractivity contribution in [1.82, 2.24) is 0 Å². The van der Waals surface area contributed by atoms with Crippen molar-refractivity contribution in [2.75, 3.05) is 0 Å². The first kappa shape index (κ1) is 22.0. The van der Waals surface area contributed by atoms with Gasteiger partial charge in [0.15, 0.2) is 0 Å². The van der Waals surface area contributed by atoms with E-state index >= 15 is 0 Å². The third-order valence-electron chi connectivity index (χ3n) is 6.82. The summed E-state index contributed by atoms with van der Waals surface area (Å²) in [6, 6.07) is 19.8. The van der Waals surface area contributed by atoms with Crippen LogP contribution in [-0.4, -0.2) is 0 Å². The van der Waals surface area contributed by atoms with Crippen molar-refractivity contribution in [2.24, 2.45) is 5.92 Å². The van der Waals surface area contributed by atoms with Gasteiger partial charge in [-0.15, -0.1) is 0 Å². The predicted molar refractivity (Wildman–Crippen MR) is 126 cm³/mol. The highest BCUT2D eigenvalue weighted by atomic mass is 35.5. The van der Waals surface area contributed by atoms with Crippen molar-refractivity contribution in [1.29, 1.82) is 0 Å². The predicted octanol–water partition coefficient (Wildman–Crippen LogP) is 8.75. The van der Waals surface area contributed by atoms with Gasteiger partial charge in [-0.2, -0.15) is 0 Å². The van der Waals surface area contributed by atoms with Gasteiger partial charge in [0.05, 0.1) is 0 Å². The minimum atomic E-state index is -0.724. The molecule has 3 heteroatoms. The zero-order valence-electron chi connectivity index (χ0n) is 18.0. The second-order valence-corrected chi connectivity index (χ2v) is 9.18. The van der Waals surface area contributed by atoms with E-state index in [0.29, 0.717) is 11.5 Å². The van der Waals surface area contributed by atoms with Crippen LogP contribution in [0.3, 0.4) is 0 Å². The Balaban J connectivity index is 1.29. The van der Waals surface area contributed by atoms with Crippen LogP contribution in [0.2, 0.25) is 5.02 Å². The van der Waals surface area contributed by atoms with Crippen molar-refractivity contribution in [3.05, 3.63) is 94.0 Å². The summed E-state index contributed by atoms with van der Waals surface area (Å²) in [4.78, 5) is 0. The fraction of sp³-hybridized carbons (Fsp3) is 0.357. The maximum Gasteiger partial charge on any atom is 0.145 e. The molecule has 0 saturated heterocycles. The molecule has 0 aromatic heterocycles. The summed E-state index contributed by atoms with van der Waals surface area (Å²) in [6.07, 6.45) is 8.49. The van der Waals surface area contributed by atoms with Crippen LogP contribution in [0.25, 0.3) is 11.1 Å². The highest BCUT2D eigenvalue weighted by molar-refractivity contribution is 6.31. The zero-order valence-corrected chi connectivity index (χ0v) is 18.8. The molecule has 0 N–H and O–H groups in total. The van der Waals surface area contributed by atoms with Gasteiger partial charge in [-0.1, -0.05) is 67.1 Å². The Kier molecular flexibility index (Phi) is 7.07. The molecule has 0 spiro atoms. The number of hydrogen-bond acceptors (Lipinski definition) is 0. The molecule has 0 amide bonds. The van der Waals surface area contributed by atoms with Crippen molar-refractivity contribution in [2.45, 2.75) is 57.8 Å². The second-order valence-electron chi connectivity index (χ2n) is 8.80. The fourth-order valence-corrected chi connectivity index (χ4v) is 4.88. The van der Waals surface area contributed by atoms with Crippen LogP contribution in [0.5, 0.6) is 0 Å². The van der Waals surface area contributed by atoms with E-state index in [0.717, 1.165) is 24.3 Å². The molecule has 0 aliphatic heterocycles. The molecule has 0 atom stereocenters. The zero-order chi connectivity index (χ0) is 21.8. The Labute approximate surface area is 189 Å². The molecule has 0 unspecified atom stereocenters. The van der Waals surface area contributed by atoms with E-state index in [1.54, 1.807) is 0 Å². The van der Waals surface area contributed by atoms with E-state index in [9.17, 15) is 8.78 Å². The highest BCUT2D eigenvalue weighted by Gasteiger charge is 2.22. The SMILES string of the molecule is CCc1ccc(C2CCC(CCc3ccc(-c4cc(F)c(Cl)c(F)c4)cc3)CC2)cc1. The molecule has 0 heterocycles. The van der Waals surface area contributed by atoms with Crippen molar-refractivity contribution in [3.8, 4) is 11.1 Å². The van der Waals surface area contributed by atoms with Gasteiger partial charge < -0.3 is 0 Å². The molecular formula is C28H29ClF2. The third-order valence-corrected chi connectivity index (χ3v) is 7.18. The highest BCUT2D eigenvalue weighted by Crippen LogP contribution is 2.37. The number of benzene rings is 3. The molecule has 4 rings (SSSR count). The summed E-state index contributed by atoms with van der Waals surface area (Å²) in [5.41, 5.74) is 5.50. The van der Waals surface area contributed by atoms with Crippen LogP contribution >= 0.6 is 11.6 Å². The molecule has 0 radical (unpaired) electrons. The Morgan fingerprint density at radius 1 is 0.774 bits per heavy atom. The molecule has 1 fully saturated rings. The summed E-state index contributed by atoms with van der Waals surface area (Å²) >= 11 is 5.58. The van der Waals surface area contributed by atoms with Gasteiger partial charge in [0.25, 0.3) is 0 Å². The van der Waals surface area contributed by atoms with Crippen LogP contribution in [-0.2, 0) is 12.8 Å². The van der Waals surface area contributed by atoms with Crippen LogP contribution < -0.4 is 0 Å². The average Bonchev–Trinajstić information content (AvgIpc) is 2.81. The lowest BCUT2D eigenvalue weighted by Gasteiger charge is -2.29. The maximum atomic E-state index is 13.7. The van der Waals surface area contributed by atoms with Crippen molar-refractivity contribution < 1.29 is 8.78 Å². The minimum Gasteiger partial charge on any atom is -0.205 e. The first-order chi connectivity index (χ1) is 15.0. The molecule has 3 aromatic rings. The molecule has 1 aliphatic carbocycles. The van der Waals surface area contributed by atoms with Gasteiger partial charge in [-0.3, -0.25) is 0 Å². The van der Waals surface area contributed by atoms with Gasteiger partial charge in [0, 0.05) is 0 Å². The summed E-state index contributed by atoms with van der Waals surface area (Å²) in [5, 5.41) is -0.451. The molecule has 31 heavy (non-hydrogen) atoms. The number of hydrogen-bond donors (Lipinski definition) is 0. The van der Waals surface area contributed by atoms with Gasteiger partial charge in [-0.25, -0.2) is 8.78 Å². The third kappa shape index (κ3) is 5.36. The normalized spacial score (nSPS) is 18.8. The summed E-state index contributed by atoms with van der Waals surface area (Å²) in [5.74, 6) is 0.0437. The summed E-state index contributed by atoms with van der Waals surface area (Å²) in [6.45, 7) is 2.20. The molecule has 3 aromatic carbocycles. The van der Waals surface area contributed by atoms with E-state index in [4.69, 9.17) is 11.6 Å². The van der Waals surface area contributed by atoms with Gasteiger partial charge in [-0.05, 0) is 96.7 Å². The molecule has 0 nitrogen and oxygen atoms in total. The first-order valence-corrected chi connectivity index (χ1v) is 11.7. The van der Waals surface area contributed by atoms with Gasteiger partial charge in [0.2, 0.25) is 0 Å². The Morgan fingerprint density at radius 2 is 1.35 bits per heavy atom. The van der Waals surface area contributed by atoms with E-state index in [1.807, 2.05) is 12.1 Å². The van der Waals surface area contributed by atoms with Gasteiger partial charge in [0.1, 0.15) is 16.7 Å². The quantitative estimate of drug-likeness (QED) is 0.337.